The Balaban J connectivity index is 2.39. The van der Waals surface area contributed by atoms with Crippen LogP contribution in [0.5, 0.6) is 0 Å². The monoisotopic (exact) mass is 265 g/mol. The van der Waals surface area contributed by atoms with E-state index in [-0.39, 0.29) is 18.1 Å². The number of ether oxygens (including phenoxy) is 1. The van der Waals surface area contributed by atoms with Crippen molar-refractivity contribution in [3.05, 3.63) is 41.3 Å². The summed E-state index contributed by atoms with van der Waals surface area (Å²) in [5.41, 5.74) is 6.72. The molecule has 2 N–H and O–H groups in total. The fourth-order valence-corrected chi connectivity index (χ4v) is 1.73. The molecule has 0 atom stereocenters. The lowest BCUT2D eigenvalue weighted by Crippen LogP contribution is -2.09. The topological polar surface area (TPSA) is 70.1 Å². The van der Waals surface area contributed by atoms with Gasteiger partial charge in [0, 0.05) is 10.7 Å². The highest BCUT2D eigenvalue weighted by molar-refractivity contribution is 6.30. The van der Waals surface area contributed by atoms with E-state index < -0.39 is 5.97 Å². The van der Waals surface area contributed by atoms with Crippen LogP contribution in [-0.4, -0.2) is 22.1 Å². The van der Waals surface area contributed by atoms with E-state index in [2.05, 4.69) is 4.98 Å². The molecule has 0 unspecified atom stereocenters. The predicted molar refractivity (Wildman–Crippen MR) is 68.9 cm³/mol. The summed E-state index contributed by atoms with van der Waals surface area (Å²) < 4.78 is 6.44. The van der Waals surface area contributed by atoms with E-state index in [1.165, 1.54) is 6.33 Å². The molecule has 2 aromatic rings. The number of nitrogens with zero attached hydrogens (tertiary/aromatic N) is 2. The number of hydrogen-bond acceptors (Lipinski definition) is 4. The van der Waals surface area contributed by atoms with Crippen LogP contribution in [0.25, 0.3) is 5.69 Å². The highest BCUT2D eigenvalue weighted by atomic mass is 35.5. The summed E-state index contributed by atoms with van der Waals surface area (Å²) in [5, 5.41) is 0.582. The van der Waals surface area contributed by atoms with E-state index in [0.717, 1.165) is 5.69 Å². The van der Waals surface area contributed by atoms with Crippen LogP contribution in [0.4, 0.5) is 5.82 Å². The first-order valence-electron chi connectivity index (χ1n) is 5.39. The number of anilines is 1. The number of rotatable bonds is 3. The van der Waals surface area contributed by atoms with Gasteiger partial charge in [0.2, 0.25) is 0 Å². The number of halogens is 1. The number of imidazole rings is 1. The van der Waals surface area contributed by atoms with Crippen LogP contribution in [0.3, 0.4) is 0 Å². The predicted octanol–water partition coefficient (Wildman–Crippen LogP) is 2.28. The van der Waals surface area contributed by atoms with Gasteiger partial charge in [-0.1, -0.05) is 17.7 Å². The van der Waals surface area contributed by atoms with Gasteiger partial charge >= 0.3 is 5.97 Å². The molecule has 1 aromatic heterocycles. The van der Waals surface area contributed by atoms with Gasteiger partial charge in [-0.2, -0.15) is 0 Å². The van der Waals surface area contributed by atoms with E-state index in [1.54, 1.807) is 29.7 Å². The van der Waals surface area contributed by atoms with Crippen molar-refractivity contribution >= 4 is 23.4 Å². The van der Waals surface area contributed by atoms with Crippen molar-refractivity contribution in [1.82, 2.24) is 9.55 Å². The zero-order valence-corrected chi connectivity index (χ0v) is 10.5. The number of carbonyl (C=O) groups excluding carboxylic acids is 1. The Hall–Kier alpha value is -2.01. The Labute approximate surface area is 109 Å². The quantitative estimate of drug-likeness (QED) is 0.865. The summed E-state index contributed by atoms with van der Waals surface area (Å²) in [6.07, 6.45) is 1.47. The van der Waals surface area contributed by atoms with Gasteiger partial charge in [-0.15, -0.1) is 0 Å². The van der Waals surface area contributed by atoms with Gasteiger partial charge in [0.05, 0.1) is 6.61 Å². The third-order valence-corrected chi connectivity index (χ3v) is 2.59. The van der Waals surface area contributed by atoms with Crippen molar-refractivity contribution in [3.63, 3.8) is 0 Å². The van der Waals surface area contributed by atoms with Crippen LogP contribution in [0, 0.1) is 0 Å². The SMILES string of the molecule is CCOC(=O)c1ncn(-c2cccc(Cl)c2)c1N. The summed E-state index contributed by atoms with van der Waals surface area (Å²) in [4.78, 5) is 15.5. The second kappa shape index (κ2) is 5.10. The Kier molecular flexibility index (Phi) is 3.53. The minimum atomic E-state index is -0.532. The summed E-state index contributed by atoms with van der Waals surface area (Å²) in [6, 6.07) is 7.10. The highest BCUT2D eigenvalue weighted by Gasteiger charge is 2.17. The maximum absolute atomic E-state index is 11.6. The van der Waals surface area contributed by atoms with E-state index >= 15 is 0 Å². The third kappa shape index (κ3) is 2.31. The second-order valence-corrected chi connectivity index (χ2v) is 3.99. The first-order valence-corrected chi connectivity index (χ1v) is 5.77. The maximum Gasteiger partial charge on any atom is 0.360 e. The first-order chi connectivity index (χ1) is 8.63. The molecule has 6 heteroatoms. The minimum absolute atomic E-state index is 0.108. The van der Waals surface area contributed by atoms with Gasteiger partial charge in [0.1, 0.15) is 12.1 Å². The molecule has 0 aliphatic heterocycles. The normalized spacial score (nSPS) is 10.3. The number of nitrogens with two attached hydrogens (primary N) is 1. The lowest BCUT2D eigenvalue weighted by Gasteiger charge is -2.05. The standard InChI is InChI=1S/C12H12ClN3O2/c1-2-18-12(17)10-11(14)16(7-15-10)9-5-3-4-8(13)6-9/h3-7H,2,14H2,1H3. The van der Waals surface area contributed by atoms with Crippen LogP contribution < -0.4 is 5.73 Å². The first kappa shape index (κ1) is 12.4. The molecule has 2 rings (SSSR count). The molecule has 0 amide bonds. The van der Waals surface area contributed by atoms with E-state index in [0.29, 0.717) is 5.02 Å². The number of carbonyl (C=O) groups is 1. The molecule has 1 heterocycles. The average Bonchev–Trinajstić information content (AvgIpc) is 2.71. The Morgan fingerprint density at radius 1 is 1.56 bits per heavy atom. The maximum atomic E-state index is 11.6. The Morgan fingerprint density at radius 2 is 2.33 bits per heavy atom. The molecule has 0 saturated carbocycles. The summed E-state index contributed by atoms with van der Waals surface area (Å²) >= 11 is 5.90. The zero-order valence-electron chi connectivity index (χ0n) is 9.76. The number of hydrogen-bond donors (Lipinski definition) is 1. The molecule has 0 spiro atoms. The van der Waals surface area contributed by atoms with Gasteiger partial charge in [-0.25, -0.2) is 9.78 Å². The molecule has 94 valence electrons. The van der Waals surface area contributed by atoms with Crippen molar-refractivity contribution in [2.45, 2.75) is 6.92 Å². The van der Waals surface area contributed by atoms with Crippen molar-refractivity contribution in [3.8, 4) is 5.69 Å². The molecule has 18 heavy (non-hydrogen) atoms. The third-order valence-electron chi connectivity index (χ3n) is 2.36. The highest BCUT2D eigenvalue weighted by Crippen LogP contribution is 2.20. The summed E-state index contributed by atoms with van der Waals surface area (Å²) in [6.45, 7) is 2.00. The van der Waals surface area contributed by atoms with Gasteiger partial charge in [-0.3, -0.25) is 4.57 Å². The fraction of sp³-hybridized carbons (Fsp3) is 0.167. The van der Waals surface area contributed by atoms with Crippen molar-refractivity contribution < 1.29 is 9.53 Å². The molecule has 0 bridgehead atoms. The number of nitrogen functional groups attached to an aromatic ring is 1. The van der Waals surface area contributed by atoms with Gasteiger partial charge in [-0.05, 0) is 25.1 Å². The molecule has 1 aromatic carbocycles. The number of esters is 1. The second-order valence-electron chi connectivity index (χ2n) is 3.55. The van der Waals surface area contributed by atoms with E-state index in [9.17, 15) is 4.79 Å². The van der Waals surface area contributed by atoms with Crippen LogP contribution in [0.1, 0.15) is 17.4 Å². The lowest BCUT2D eigenvalue weighted by molar-refractivity contribution is 0.0521. The summed E-state index contributed by atoms with van der Waals surface area (Å²) in [7, 11) is 0. The molecule has 0 fully saturated rings. The summed E-state index contributed by atoms with van der Waals surface area (Å²) in [5.74, 6) is -0.300. The Bertz CT molecular complexity index is 580. The average molecular weight is 266 g/mol. The van der Waals surface area contributed by atoms with Gasteiger partial charge < -0.3 is 10.5 Å². The van der Waals surface area contributed by atoms with Gasteiger partial charge in [0.15, 0.2) is 5.69 Å². The van der Waals surface area contributed by atoms with Gasteiger partial charge in [0.25, 0.3) is 0 Å². The minimum Gasteiger partial charge on any atom is -0.461 e. The largest absolute Gasteiger partial charge is 0.461 e. The Morgan fingerprint density at radius 3 is 3.00 bits per heavy atom. The molecule has 0 aliphatic carbocycles. The molecule has 5 nitrogen and oxygen atoms in total. The van der Waals surface area contributed by atoms with Crippen molar-refractivity contribution in [2.24, 2.45) is 0 Å². The van der Waals surface area contributed by atoms with Crippen LogP contribution in [0.15, 0.2) is 30.6 Å². The molecule has 0 aliphatic rings. The fourth-order valence-electron chi connectivity index (χ4n) is 1.55. The van der Waals surface area contributed by atoms with E-state index in [4.69, 9.17) is 22.1 Å². The van der Waals surface area contributed by atoms with E-state index in [1.807, 2.05) is 6.07 Å². The van der Waals surface area contributed by atoms with Crippen LogP contribution >= 0.6 is 11.6 Å². The van der Waals surface area contributed by atoms with Crippen LogP contribution in [-0.2, 0) is 4.74 Å². The number of benzene rings is 1. The van der Waals surface area contributed by atoms with Crippen molar-refractivity contribution in [1.29, 1.82) is 0 Å². The molecule has 0 radical (unpaired) electrons. The molecular weight excluding hydrogens is 254 g/mol. The molecule has 0 saturated heterocycles. The number of aromatic nitrogens is 2. The lowest BCUT2D eigenvalue weighted by atomic mass is 10.3. The zero-order chi connectivity index (χ0) is 13.1. The van der Waals surface area contributed by atoms with Crippen LogP contribution in [0.2, 0.25) is 5.02 Å². The smallest absolute Gasteiger partial charge is 0.360 e. The molecular formula is C12H12ClN3O2. The van der Waals surface area contributed by atoms with Crippen molar-refractivity contribution in [2.75, 3.05) is 12.3 Å².